The summed E-state index contributed by atoms with van der Waals surface area (Å²) in [5, 5.41) is 8.83. The number of aliphatic hydroxyl groups is 1. The Morgan fingerprint density at radius 3 is 2.85 bits per heavy atom. The molecular formula is C9H11NO3. The molecule has 4 nitrogen and oxygen atoms in total. The van der Waals surface area contributed by atoms with E-state index < -0.39 is 5.97 Å². The third-order valence-electron chi connectivity index (χ3n) is 1.76. The molecule has 0 unspecified atom stereocenters. The number of nitrogens with zero attached hydrogens (tertiary/aromatic N) is 1. The number of hydrogen-bond acceptors (Lipinski definition) is 4. The van der Waals surface area contributed by atoms with Crippen molar-refractivity contribution < 1.29 is 14.6 Å². The highest BCUT2D eigenvalue weighted by molar-refractivity contribution is 5.89. The Bertz CT molecular complexity index is 323. The van der Waals surface area contributed by atoms with E-state index >= 15 is 0 Å². The Morgan fingerprint density at radius 1 is 1.69 bits per heavy atom. The number of rotatable bonds is 2. The Hall–Kier alpha value is -1.42. The monoisotopic (exact) mass is 181 g/mol. The zero-order valence-corrected chi connectivity index (χ0v) is 7.57. The topological polar surface area (TPSA) is 59.4 Å². The van der Waals surface area contributed by atoms with Crippen LogP contribution in [0.25, 0.3) is 0 Å². The molecule has 0 atom stereocenters. The maximum Gasteiger partial charge on any atom is 0.339 e. The van der Waals surface area contributed by atoms with Gasteiger partial charge in [-0.05, 0) is 18.6 Å². The Morgan fingerprint density at radius 2 is 2.38 bits per heavy atom. The van der Waals surface area contributed by atoms with Crippen LogP contribution in [0.15, 0.2) is 12.3 Å². The fraction of sp³-hybridized carbons (Fsp3) is 0.333. The van der Waals surface area contributed by atoms with Crippen LogP contribution in [0.5, 0.6) is 0 Å². The first kappa shape index (κ1) is 9.67. The molecule has 0 fully saturated rings. The Balaban J connectivity index is 3.02. The largest absolute Gasteiger partial charge is 0.465 e. The number of aliphatic hydroxyl groups excluding tert-OH is 1. The van der Waals surface area contributed by atoms with Gasteiger partial charge >= 0.3 is 5.97 Å². The molecule has 0 spiro atoms. The van der Waals surface area contributed by atoms with Crippen LogP contribution in [-0.2, 0) is 11.3 Å². The van der Waals surface area contributed by atoms with Crippen molar-refractivity contribution in [3.05, 3.63) is 29.1 Å². The zero-order valence-electron chi connectivity index (χ0n) is 7.57. The van der Waals surface area contributed by atoms with E-state index in [1.807, 2.05) is 0 Å². The van der Waals surface area contributed by atoms with E-state index in [2.05, 4.69) is 9.72 Å². The van der Waals surface area contributed by atoms with E-state index in [0.717, 1.165) is 5.56 Å². The molecule has 0 saturated heterocycles. The molecule has 1 N–H and O–H groups in total. The van der Waals surface area contributed by atoms with Crippen molar-refractivity contribution in [1.82, 2.24) is 4.98 Å². The van der Waals surface area contributed by atoms with Crippen molar-refractivity contribution >= 4 is 5.97 Å². The van der Waals surface area contributed by atoms with Gasteiger partial charge in [-0.2, -0.15) is 0 Å². The summed E-state index contributed by atoms with van der Waals surface area (Å²) in [6.45, 7) is 1.66. The quantitative estimate of drug-likeness (QED) is 0.681. The first-order valence-corrected chi connectivity index (χ1v) is 3.83. The van der Waals surface area contributed by atoms with Gasteiger partial charge in [-0.25, -0.2) is 4.79 Å². The molecule has 0 aliphatic heterocycles. The fourth-order valence-corrected chi connectivity index (χ4v) is 0.998. The van der Waals surface area contributed by atoms with Gasteiger partial charge in [0.2, 0.25) is 0 Å². The number of carbonyl (C=O) groups is 1. The molecular weight excluding hydrogens is 170 g/mol. The van der Waals surface area contributed by atoms with Crippen LogP contribution in [0.1, 0.15) is 21.6 Å². The predicted molar refractivity (Wildman–Crippen MR) is 46.2 cm³/mol. The molecule has 70 valence electrons. The lowest BCUT2D eigenvalue weighted by Gasteiger charge is -2.03. The third kappa shape index (κ3) is 2.03. The molecule has 0 radical (unpaired) electrons. The maximum absolute atomic E-state index is 11.0. The highest BCUT2D eigenvalue weighted by Crippen LogP contribution is 2.08. The molecule has 1 rings (SSSR count). The number of hydrogen-bond donors (Lipinski definition) is 1. The van der Waals surface area contributed by atoms with Gasteiger partial charge in [0.05, 0.1) is 25.0 Å². The molecule has 0 aromatic carbocycles. The number of aromatic nitrogens is 1. The second kappa shape index (κ2) is 4.00. The minimum absolute atomic E-state index is 0.118. The summed E-state index contributed by atoms with van der Waals surface area (Å²) in [5.41, 5.74) is 1.76. The van der Waals surface area contributed by atoms with Crippen molar-refractivity contribution in [3.63, 3.8) is 0 Å². The number of aryl methyl sites for hydroxylation is 1. The summed E-state index contributed by atoms with van der Waals surface area (Å²) < 4.78 is 4.52. The lowest BCUT2D eigenvalue weighted by molar-refractivity contribution is 0.0600. The number of ether oxygens (including phenoxy) is 1. The fourth-order valence-electron chi connectivity index (χ4n) is 0.998. The lowest BCUT2D eigenvalue weighted by Crippen LogP contribution is -2.04. The van der Waals surface area contributed by atoms with Crippen LogP contribution in [0.2, 0.25) is 0 Å². The highest BCUT2D eigenvalue weighted by atomic mass is 16.5. The van der Waals surface area contributed by atoms with Gasteiger partial charge in [0, 0.05) is 6.20 Å². The summed E-state index contributed by atoms with van der Waals surface area (Å²) in [7, 11) is 1.32. The molecule has 1 aromatic heterocycles. The third-order valence-corrected chi connectivity index (χ3v) is 1.76. The van der Waals surface area contributed by atoms with E-state index in [0.29, 0.717) is 11.3 Å². The van der Waals surface area contributed by atoms with Crippen molar-refractivity contribution in [2.24, 2.45) is 0 Å². The van der Waals surface area contributed by atoms with E-state index in [1.54, 1.807) is 13.0 Å². The number of carbonyl (C=O) groups excluding carboxylic acids is 1. The van der Waals surface area contributed by atoms with Crippen LogP contribution in [0.4, 0.5) is 0 Å². The smallest absolute Gasteiger partial charge is 0.339 e. The summed E-state index contributed by atoms with van der Waals surface area (Å²) in [6.07, 6.45) is 1.39. The second-order valence-electron chi connectivity index (χ2n) is 2.64. The molecule has 0 aliphatic rings. The van der Waals surface area contributed by atoms with Gasteiger partial charge in [-0.1, -0.05) is 0 Å². The van der Waals surface area contributed by atoms with Gasteiger partial charge in [0.1, 0.15) is 0 Å². The van der Waals surface area contributed by atoms with Crippen LogP contribution >= 0.6 is 0 Å². The van der Waals surface area contributed by atoms with Gasteiger partial charge in [-0.3, -0.25) is 4.98 Å². The number of esters is 1. The van der Waals surface area contributed by atoms with Gasteiger partial charge in [0.25, 0.3) is 0 Å². The Labute approximate surface area is 76.2 Å². The molecule has 0 aliphatic carbocycles. The second-order valence-corrected chi connectivity index (χ2v) is 2.64. The van der Waals surface area contributed by atoms with Crippen LogP contribution < -0.4 is 0 Å². The first-order chi connectivity index (χ1) is 6.19. The van der Waals surface area contributed by atoms with Crippen molar-refractivity contribution in [1.29, 1.82) is 0 Å². The maximum atomic E-state index is 11.0. The highest BCUT2D eigenvalue weighted by Gasteiger charge is 2.07. The van der Waals surface area contributed by atoms with Gasteiger partial charge < -0.3 is 9.84 Å². The molecule has 0 saturated carbocycles. The first-order valence-electron chi connectivity index (χ1n) is 3.83. The van der Waals surface area contributed by atoms with Gasteiger partial charge in [-0.15, -0.1) is 0 Å². The summed E-state index contributed by atoms with van der Waals surface area (Å²) >= 11 is 0. The molecule has 1 heterocycles. The zero-order chi connectivity index (χ0) is 9.84. The summed E-state index contributed by atoms with van der Waals surface area (Å²) in [5.74, 6) is -0.417. The van der Waals surface area contributed by atoms with E-state index in [4.69, 9.17) is 5.11 Å². The standard InChI is InChI=1S/C9H11NO3/c1-6-3-7(9(12)13-2)4-10-8(6)5-11/h3-4,11H,5H2,1-2H3. The van der Waals surface area contributed by atoms with Crippen LogP contribution in [0.3, 0.4) is 0 Å². The van der Waals surface area contributed by atoms with Crippen LogP contribution in [0, 0.1) is 6.92 Å². The summed E-state index contributed by atoms with van der Waals surface area (Å²) in [6, 6.07) is 1.64. The SMILES string of the molecule is COC(=O)c1cnc(CO)c(C)c1. The minimum atomic E-state index is -0.417. The molecule has 4 heteroatoms. The average molecular weight is 181 g/mol. The van der Waals surface area contributed by atoms with Crippen molar-refractivity contribution in [2.75, 3.05) is 7.11 Å². The molecule has 13 heavy (non-hydrogen) atoms. The predicted octanol–water partition coefficient (Wildman–Crippen LogP) is 0.669. The molecule has 0 bridgehead atoms. The molecule has 1 aromatic rings. The summed E-state index contributed by atoms with van der Waals surface area (Å²) in [4.78, 5) is 15.0. The van der Waals surface area contributed by atoms with Crippen LogP contribution in [-0.4, -0.2) is 23.2 Å². The van der Waals surface area contributed by atoms with E-state index in [-0.39, 0.29) is 6.61 Å². The minimum Gasteiger partial charge on any atom is -0.465 e. The normalized spacial score (nSPS) is 9.77. The average Bonchev–Trinajstić information content (AvgIpc) is 2.16. The molecule has 0 amide bonds. The Kier molecular flexibility index (Phi) is 2.97. The number of pyridine rings is 1. The van der Waals surface area contributed by atoms with Crippen molar-refractivity contribution in [3.8, 4) is 0 Å². The van der Waals surface area contributed by atoms with E-state index in [9.17, 15) is 4.79 Å². The lowest BCUT2D eigenvalue weighted by atomic mass is 10.1. The van der Waals surface area contributed by atoms with Gasteiger partial charge in [0.15, 0.2) is 0 Å². The van der Waals surface area contributed by atoms with Crippen molar-refractivity contribution in [2.45, 2.75) is 13.5 Å². The number of methoxy groups -OCH3 is 1. The van der Waals surface area contributed by atoms with E-state index in [1.165, 1.54) is 13.3 Å².